The molecule has 0 unspecified atom stereocenters. The van der Waals surface area contributed by atoms with Gasteiger partial charge in [0.2, 0.25) is 0 Å². The minimum Gasteiger partial charge on any atom is -0.508 e. The van der Waals surface area contributed by atoms with E-state index in [4.69, 9.17) is 0 Å². The van der Waals surface area contributed by atoms with Gasteiger partial charge in [0.25, 0.3) is 0 Å². The summed E-state index contributed by atoms with van der Waals surface area (Å²) in [6.07, 6.45) is 7.31. The van der Waals surface area contributed by atoms with Crippen molar-refractivity contribution in [1.82, 2.24) is 5.32 Å². The minimum atomic E-state index is 0.539. The van der Waals surface area contributed by atoms with Gasteiger partial charge >= 0.3 is 0 Å². The van der Waals surface area contributed by atoms with E-state index in [2.05, 4.69) is 11.4 Å². The largest absolute Gasteiger partial charge is 0.508 e. The lowest BCUT2D eigenvalue weighted by molar-refractivity contribution is 0.420. The summed E-state index contributed by atoms with van der Waals surface area (Å²) in [6.45, 7) is 2.18. The third-order valence-corrected chi connectivity index (χ3v) is 4.30. The molecule has 2 N–H and O–H groups in total. The van der Waals surface area contributed by atoms with Crippen LogP contribution in [0.15, 0.2) is 12.1 Å². The molecule has 0 aromatic heterocycles. The molecule has 1 aromatic carbocycles. The number of benzene rings is 1. The second-order valence-corrected chi connectivity index (χ2v) is 5.37. The van der Waals surface area contributed by atoms with Gasteiger partial charge in [-0.25, -0.2) is 0 Å². The van der Waals surface area contributed by atoms with Gasteiger partial charge in [0.15, 0.2) is 0 Å². The van der Waals surface area contributed by atoms with E-state index < -0.39 is 0 Å². The van der Waals surface area contributed by atoms with Gasteiger partial charge in [-0.15, -0.1) is 0 Å². The Hall–Kier alpha value is -1.02. The Morgan fingerprint density at radius 3 is 2.65 bits per heavy atom. The molecule has 1 aromatic rings. The van der Waals surface area contributed by atoms with E-state index in [1.54, 1.807) is 0 Å². The van der Waals surface area contributed by atoms with Gasteiger partial charge in [0, 0.05) is 5.56 Å². The van der Waals surface area contributed by atoms with Gasteiger partial charge in [0.05, 0.1) is 0 Å². The number of aryl methyl sites for hydroxylation is 1. The van der Waals surface area contributed by atoms with Crippen molar-refractivity contribution in [2.24, 2.45) is 0 Å². The average Bonchev–Trinajstić information content (AvgIpc) is 2.39. The Morgan fingerprint density at radius 2 is 1.82 bits per heavy atom. The highest BCUT2D eigenvalue weighted by molar-refractivity contribution is 5.47. The molecule has 2 aliphatic rings. The summed E-state index contributed by atoms with van der Waals surface area (Å²) < 4.78 is 0. The maximum atomic E-state index is 10.2. The van der Waals surface area contributed by atoms with E-state index in [1.807, 2.05) is 6.07 Å². The molecular formula is C15H21NO. The first kappa shape index (κ1) is 11.1. The summed E-state index contributed by atoms with van der Waals surface area (Å²) >= 11 is 0. The first-order chi connectivity index (χ1) is 8.36. The maximum absolute atomic E-state index is 10.2. The molecule has 1 aliphatic heterocycles. The number of nitrogens with one attached hydrogen (secondary N) is 1. The standard InChI is InChI=1S/C15H21NO/c17-14-6-5-11-3-1-2-4-13(11)15(14)12-7-9-16-10-8-12/h5-6,12,16-17H,1-4,7-10H2. The van der Waals surface area contributed by atoms with Crippen LogP contribution in [0.4, 0.5) is 0 Å². The van der Waals surface area contributed by atoms with Crippen molar-refractivity contribution in [1.29, 1.82) is 0 Å². The summed E-state index contributed by atoms with van der Waals surface area (Å²) in [5, 5.41) is 13.6. The Bertz CT molecular complexity index is 408. The number of rotatable bonds is 1. The van der Waals surface area contributed by atoms with Crippen LogP contribution in [0.25, 0.3) is 0 Å². The number of hydrogen-bond donors (Lipinski definition) is 2. The van der Waals surface area contributed by atoms with Gasteiger partial charge in [-0.3, -0.25) is 0 Å². The summed E-state index contributed by atoms with van der Waals surface area (Å²) in [5.74, 6) is 1.11. The third kappa shape index (κ3) is 2.06. The fourth-order valence-corrected chi connectivity index (χ4v) is 3.41. The van der Waals surface area contributed by atoms with Gasteiger partial charge in [0.1, 0.15) is 5.75 Å². The molecule has 17 heavy (non-hydrogen) atoms. The summed E-state index contributed by atoms with van der Waals surface area (Å²) in [5.41, 5.74) is 4.24. The molecule has 3 rings (SSSR count). The van der Waals surface area contributed by atoms with Crippen molar-refractivity contribution in [3.8, 4) is 5.75 Å². The molecular weight excluding hydrogens is 210 g/mol. The SMILES string of the molecule is Oc1ccc2c(c1C1CCNCC1)CCCC2. The van der Waals surface area contributed by atoms with Crippen LogP contribution in [0.1, 0.15) is 48.3 Å². The van der Waals surface area contributed by atoms with Crippen LogP contribution in [0, 0.1) is 0 Å². The maximum Gasteiger partial charge on any atom is 0.119 e. The Balaban J connectivity index is 2.01. The van der Waals surface area contributed by atoms with E-state index in [0.29, 0.717) is 11.7 Å². The molecule has 2 nitrogen and oxygen atoms in total. The van der Waals surface area contributed by atoms with Crippen molar-refractivity contribution in [3.05, 3.63) is 28.8 Å². The zero-order valence-corrected chi connectivity index (χ0v) is 10.3. The zero-order chi connectivity index (χ0) is 11.7. The van der Waals surface area contributed by atoms with Crippen LogP contribution in [-0.2, 0) is 12.8 Å². The van der Waals surface area contributed by atoms with E-state index in [9.17, 15) is 5.11 Å². The highest BCUT2D eigenvalue weighted by Crippen LogP contribution is 2.38. The van der Waals surface area contributed by atoms with E-state index in [1.165, 1.54) is 55.2 Å². The first-order valence-corrected chi connectivity index (χ1v) is 6.90. The Morgan fingerprint density at radius 1 is 1.06 bits per heavy atom. The van der Waals surface area contributed by atoms with Crippen LogP contribution in [0.2, 0.25) is 0 Å². The van der Waals surface area contributed by atoms with Crippen molar-refractivity contribution in [2.45, 2.75) is 44.4 Å². The lowest BCUT2D eigenvalue weighted by Gasteiger charge is -2.28. The fraction of sp³-hybridized carbons (Fsp3) is 0.600. The van der Waals surface area contributed by atoms with Crippen LogP contribution >= 0.6 is 0 Å². The van der Waals surface area contributed by atoms with Crippen LogP contribution in [0.3, 0.4) is 0 Å². The molecule has 0 atom stereocenters. The topological polar surface area (TPSA) is 32.3 Å². The molecule has 0 amide bonds. The number of aromatic hydroxyl groups is 1. The molecule has 1 aliphatic carbocycles. The minimum absolute atomic E-state index is 0.539. The summed E-state index contributed by atoms with van der Waals surface area (Å²) in [7, 11) is 0. The second kappa shape index (κ2) is 4.69. The van der Waals surface area contributed by atoms with Crippen molar-refractivity contribution in [3.63, 3.8) is 0 Å². The molecule has 0 bridgehead atoms. The molecule has 1 fully saturated rings. The highest BCUT2D eigenvalue weighted by Gasteiger charge is 2.24. The quantitative estimate of drug-likeness (QED) is 0.779. The Labute approximate surface area is 103 Å². The van der Waals surface area contributed by atoms with Gasteiger partial charge in [-0.1, -0.05) is 6.07 Å². The van der Waals surface area contributed by atoms with Crippen LogP contribution in [-0.4, -0.2) is 18.2 Å². The van der Waals surface area contributed by atoms with Gasteiger partial charge < -0.3 is 10.4 Å². The monoisotopic (exact) mass is 231 g/mol. The molecule has 0 spiro atoms. The van der Waals surface area contributed by atoms with Crippen molar-refractivity contribution < 1.29 is 5.11 Å². The van der Waals surface area contributed by atoms with E-state index in [0.717, 1.165) is 13.1 Å². The smallest absolute Gasteiger partial charge is 0.119 e. The van der Waals surface area contributed by atoms with E-state index >= 15 is 0 Å². The lowest BCUT2D eigenvalue weighted by Crippen LogP contribution is -2.27. The molecule has 0 radical (unpaired) electrons. The number of phenols is 1. The molecule has 2 heteroatoms. The van der Waals surface area contributed by atoms with E-state index in [-0.39, 0.29) is 0 Å². The van der Waals surface area contributed by atoms with Crippen molar-refractivity contribution in [2.75, 3.05) is 13.1 Å². The molecule has 92 valence electrons. The normalized spacial score (nSPS) is 21.2. The number of piperidine rings is 1. The van der Waals surface area contributed by atoms with Crippen LogP contribution in [0.5, 0.6) is 5.75 Å². The predicted molar refractivity (Wildman–Crippen MR) is 69.6 cm³/mol. The Kier molecular flexibility index (Phi) is 3.06. The fourth-order valence-electron chi connectivity index (χ4n) is 3.41. The summed E-state index contributed by atoms with van der Waals surface area (Å²) in [4.78, 5) is 0. The average molecular weight is 231 g/mol. The van der Waals surface area contributed by atoms with Gasteiger partial charge in [-0.05, 0) is 74.7 Å². The third-order valence-electron chi connectivity index (χ3n) is 4.30. The zero-order valence-electron chi connectivity index (χ0n) is 10.3. The first-order valence-electron chi connectivity index (χ1n) is 6.90. The lowest BCUT2D eigenvalue weighted by atomic mass is 9.80. The summed E-state index contributed by atoms with van der Waals surface area (Å²) in [6, 6.07) is 4.05. The van der Waals surface area contributed by atoms with Crippen molar-refractivity contribution >= 4 is 0 Å². The second-order valence-electron chi connectivity index (χ2n) is 5.37. The predicted octanol–water partition coefficient (Wildman–Crippen LogP) is 2.74. The van der Waals surface area contributed by atoms with Gasteiger partial charge in [-0.2, -0.15) is 0 Å². The number of phenolic OH excluding ortho intramolecular Hbond substituents is 1. The molecule has 0 saturated carbocycles. The van der Waals surface area contributed by atoms with Crippen LogP contribution < -0.4 is 5.32 Å². The number of hydrogen-bond acceptors (Lipinski definition) is 2. The number of fused-ring (bicyclic) bond motifs is 1. The molecule has 1 saturated heterocycles. The molecule has 1 heterocycles. The highest BCUT2D eigenvalue weighted by atomic mass is 16.3.